The highest BCUT2D eigenvalue weighted by Gasteiger charge is 2.16. The average molecular weight is 224 g/mol. The van der Waals surface area contributed by atoms with Gasteiger partial charge in [0.2, 0.25) is 0 Å². The first-order valence-corrected chi connectivity index (χ1v) is 5.49. The molecule has 0 aliphatic heterocycles. The zero-order chi connectivity index (χ0) is 11.5. The topological polar surface area (TPSA) is 20.2 Å². The van der Waals surface area contributed by atoms with E-state index >= 15 is 0 Å². The summed E-state index contributed by atoms with van der Waals surface area (Å²) >= 11 is 0. The Hall–Kier alpha value is -1.38. The van der Waals surface area contributed by atoms with Crippen LogP contribution in [0.5, 0.6) is 5.75 Å². The van der Waals surface area contributed by atoms with Gasteiger partial charge in [0.15, 0.2) is 11.6 Å². The largest absolute Gasteiger partial charge is 0.508 e. The Balaban J connectivity index is 2.05. The van der Waals surface area contributed by atoms with Gasteiger partial charge in [-0.1, -0.05) is 12.2 Å². The molecule has 0 bridgehead atoms. The molecular formula is C13H14F2O. The summed E-state index contributed by atoms with van der Waals surface area (Å²) in [7, 11) is 0. The number of rotatable bonds is 3. The van der Waals surface area contributed by atoms with Gasteiger partial charge < -0.3 is 5.11 Å². The third-order valence-electron chi connectivity index (χ3n) is 3.08. The Morgan fingerprint density at radius 2 is 1.88 bits per heavy atom. The van der Waals surface area contributed by atoms with Gasteiger partial charge in [-0.2, -0.15) is 0 Å². The van der Waals surface area contributed by atoms with Gasteiger partial charge in [0, 0.05) is 5.56 Å². The second kappa shape index (κ2) is 4.64. The van der Waals surface area contributed by atoms with Gasteiger partial charge in [-0.25, -0.2) is 8.78 Å². The number of hydrogen-bond acceptors (Lipinski definition) is 1. The van der Waals surface area contributed by atoms with Crippen LogP contribution >= 0.6 is 0 Å². The summed E-state index contributed by atoms with van der Waals surface area (Å²) in [6.45, 7) is 0. The lowest BCUT2D eigenvalue weighted by atomic mass is 9.97. The zero-order valence-electron chi connectivity index (χ0n) is 8.92. The predicted octanol–water partition coefficient (Wildman–Crippen LogP) is 3.57. The van der Waals surface area contributed by atoms with Crippen LogP contribution in [0.15, 0.2) is 24.3 Å². The summed E-state index contributed by atoms with van der Waals surface area (Å²) in [6, 6.07) is 2.16. The van der Waals surface area contributed by atoms with Gasteiger partial charge in [0.25, 0.3) is 0 Å². The molecule has 3 heteroatoms. The first kappa shape index (κ1) is 11.1. The molecule has 0 radical (unpaired) electrons. The van der Waals surface area contributed by atoms with Crippen molar-refractivity contribution in [3.8, 4) is 5.75 Å². The van der Waals surface area contributed by atoms with Crippen LogP contribution in [0.3, 0.4) is 0 Å². The fourth-order valence-corrected chi connectivity index (χ4v) is 2.08. The van der Waals surface area contributed by atoms with E-state index in [9.17, 15) is 13.9 Å². The third-order valence-corrected chi connectivity index (χ3v) is 3.08. The Morgan fingerprint density at radius 3 is 2.56 bits per heavy atom. The van der Waals surface area contributed by atoms with Crippen molar-refractivity contribution in [1.29, 1.82) is 0 Å². The third kappa shape index (κ3) is 2.23. The molecule has 0 saturated heterocycles. The van der Waals surface area contributed by atoms with Crippen LogP contribution in [-0.4, -0.2) is 5.11 Å². The molecular weight excluding hydrogens is 210 g/mol. The minimum atomic E-state index is -0.911. The molecule has 86 valence electrons. The smallest absolute Gasteiger partial charge is 0.165 e. The molecule has 1 N–H and O–H groups in total. The van der Waals surface area contributed by atoms with Crippen LogP contribution in [0.2, 0.25) is 0 Å². The van der Waals surface area contributed by atoms with Crippen LogP contribution in [-0.2, 0) is 6.42 Å². The van der Waals surface area contributed by atoms with Crippen LogP contribution < -0.4 is 0 Å². The molecule has 1 aromatic carbocycles. The Bertz CT molecular complexity index is 405. The Kier molecular flexibility index (Phi) is 3.22. The molecule has 16 heavy (non-hydrogen) atoms. The molecule has 1 aliphatic rings. The summed E-state index contributed by atoms with van der Waals surface area (Å²) in [5.74, 6) is -1.45. The Labute approximate surface area is 93.4 Å². The molecule has 0 aromatic heterocycles. The second-order valence-corrected chi connectivity index (χ2v) is 4.21. The highest BCUT2D eigenvalue weighted by atomic mass is 19.2. The minimum Gasteiger partial charge on any atom is -0.508 e. The maximum absolute atomic E-state index is 13.4. The highest BCUT2D eigenvalue weighted by molar-refractivity contribution is 5.34. The maximum Gasteiger partial charge on any atom is 0.165 e. The van der Waals surface area contributed by atoms with Crippen molar-refractivity contribution < 1.29 is 13.9 Å². The summed E-state index contributed by atoms with van der Waals surface area (Å²) in [5, 5.41) is 9.47. The van der Waals surface area contributed by atoms with E-state index < -0.39 is 11.6 Å². The van der Waals surface area contributed by atoms with Crippen molar-refractivity contribution in [2.24, 2.45) is 5.92 Å². The molecule has 0 spiro atoms. The standard InChI is InChI=1S/C13H14F2O/c14-11-7-8-12(16)10(13(11)15)6-5-9-3-1-2-4-9/h1-2,7-9,16H,3-6H2. The van der Waals surface area contributed by atoms with Crippen molar-refractivity contribution in [1.82, 2.24) is 0 Å². The monoisotopic (exact) mass is 224 g/mol. The predicted molar refractivity (Wildman–Crippen MR) is 58.2 cm³/mol. The van der Waals surface area contributed by atoms with Crippen LogP contribution in [0.25, 0.3) is 0 Å². The lowest BCUT2D eigenvalue weighted by Crippen LogP contribution is -2.00. The van der Waals surface area contributed by atoms with Crippen LogP contribution in [0.4, 0.5) is 8.78 Å². The van der Waals surface area contributed by atoms with Gasteiger partial charge >= 0.3 is 0 Å². The number of phenolic OH excluding ortho intramolecular Hbond substituents is 1. The molecule has 1 aliphatic carbocycles. The van der Waals surface area contributed by atoms with Gasteiger partial charge in [-0.15, -0.1) is 0 Å². The fraction of sp³-hybridized carbons (Fsp3) is 0.385. The van der Waals surface area contributed by atoms with E-state index in [2.05, 4.69) is 12.2 Å². The van der Waals surface area contributed by atoms with Gasteiger partial charge in [0.1, 0.15) is 5.75 Å². The van der Waals surface area contributed by atoms with Gasteiger partial charge in [0.05, 0.1) is 0 Å². The van der Waals surface area contributed by atoms with Crippen molar-refractivity contribution in [3.05, 3.63) is 41.5 Å². The van der Waals surface area contributed by atoms with E-state index in [-0.39, 0.29) is 11.3 Å². The number of hydrogen-bond donors (Lipinski definition) is 1. The summed E-state index contributed by atoms with van der Waals surface area (Å²) < 4.78 is 26.3. The van der Waals surface area contributed by atoms with E-state index in [1.807, 2.05) is 0 Å². The number of phenols is 1. The lowest BCUT2D eigenvalue weighted by molar-refractivity contribution is 0.430. The van der Waals surface area contributed by atoms with Crippen LogP contribution in [0, 0.1) is 17.6 Å². The summed E-state index contributed by atoms with van der Waals surface area (Å²) in [4.78, 5) is 0. The highest BCUT2D eigenvalue weighted by Crippen LogP contribution is 2.28. The summed E-state index contributed by atoms with van der Waals surface area (Å²) in [5.41, 5.74) is 0.104. The van der Waals surface area contributed by atoms with E-state index in [0.29, 0.717) is 12.3 Å². The van der Waals surface area contributed by atoms with Crippen molar-refractivity contribution in [2.45, 2.75) is 25.7 Å². The molecule has 1 aromatic rings. The van der Waals surface area contributed by atoms with Crippen molar-refractivity contribution in [2.75, 3.05) is 0 Å². The van der Waals surface area contributed by atoms with Crippen LogP contribution in [0.1, 0.15) is 24.8 Å². The van der Waals surface area contributed by atoms with Crippen molar-refractivity contribution >= 4 is 0 Å². The van der Waals surface area contributed by atoms with E-state index in [1.165, 1.54) is 6.07 Å². The molecule has 2 rings (SSSR count). The quantitative estimate of drug-likeness (QED) is 0.778. The number of benzene rings is 1. The van der Waals surface area contributed by atoms with Gasteiger partial charge in [-0.3, -0.25) is 0 Å². The maximum atomic E-state index is 13.4. The first-order valence-electron chi connectivity index (χ1n) is 5.49. The molecule has 0 saturated carbocycles. The second-order valence-electron chi connectivity index (χ2n) is 4.21. The van der Waals surface area contributed by atoms with E-state index in [1.54, 1.807) is 0 Å². The van der Waals surface area contributed by atoms with Gasteiger partial charge in [-0.05, 0) is 43.7 Å². The number of aromatic hydroxyl groups is 1. The molecule has 0 atom stereocenters. The molecule has 0 heterocycles. The number of allylic oxidation sites excluding steroid dienone is 2. The fourth-order valence-electron chi connectivity index (χ4n) is 2.08. The number of halogens is 2. The molecule has 0 fully saturated rings. The Morgan fingerprint density at radius 1 is 1.19 bits per heavy atom. The average Bonchev–Trinajstić information content (AvgIpc) is 2.77. The van der Waals surface area contributed by atoms with E-state index in [0.717, 1.165) is 25.3 Å². The molecule has 0 amide bonds. The minimum absolute atomic E-state index is 0.104. The molecule has 1 nitrogen and oxygen atoms in total. The van der Waals surface area contributed by atoms with E-state index in [4.69, 9.17) is 0 Å². The molecule has 0 unspecified atom stereocenters. The first-order chi connectivity index (χ1) is 7.68. The lowest BCUT2D eigenvalue weighted by Gasteiger charge is -2.10. The normalized spacial score (nSPS) is 15.9. The van der Waals surface area contributed by atoms with Crippen molar-refractivity contribution in [3.63, 3.8) is 0 Å². The SMILES string of the molecule is Oc1ccc(F)c(F)c1CCC1CC=CC1. The summed E-state index contributed by atoms with van der Waals surface area (Å²) in [6.07, 6.45) is 7.37. The zero-order valence-corrected chi connectivity index (χ0v) is 8.92.